The zero-order valence-electron chi connectivity index (χ0n) is 9.73. The highest BCUT2D eigenvalue weighted by Crippen LogP contribution is 2.43. The number of nitrogens with two attached hydrogens (primary N) is 1. The molecular weight excluding hydrogens is 322 g/mol. The summed E-state index contributed by atoms with van der Waals surface area (Å²) in [4.78, 5) is 0. The summed E-state index contributed by atoms with van der Waals surface area (Å²) in [5, 5.41) is 13.8. The molecule has 0 unspecified atom stereocenters. The molecule has 1 aromatic rings. The van der Waals surface area contributed by atoms with Gasteiger partial charge in [0, 0.05) is 5.56 Å². The van der Waals surface area contributed by atoms with E-state index in [1.54, 1.807) is 6.07 Å². The van der Waals surface area contributed by atoms with E-state index in [0.717, 1.165) is 0 Å². The van der Waals surface area contributed by atoms with Crippen molar-refractivity contribution in [1.29, 1.82) is 0 Å². The summed E-state index contributed by atoms with van der Waals surface area (Å²) in [7, 11) is 2.91. The summed E-state index contributed by atoms with van der Waals surface area (Å²) in [6.07, 6.45) is 1.36. The maximum absolute atomic E-state index is 9.98. The molecule has 0 atom stereocenters. The second kappa shape index (κ2) is 6.41. The molecule has 18 heavy (non-hydrogen) atoms. The molecular formula is C10H12BrN3O3S. The number of benzene rings is 1. The summed E-state index contributed by atoms with van der Waals surface area (Å²) in [6, 6.07) is 1.63. The smallest absolute Gasteiger partial charge is 0.204 e. The van der Waals surface area contributed by atoms with Crippen LogP contribution in [-0.4, -0.2) is 30.7 Å². The molecule has 0 saturated carbocycles. The number of methoxy groups -OCH3 is 2. The highest BCUT2D eigenvalue weighted by molar-refractivity contribution is 9.10. The number of nitrogens with one attached hydrogen (secondary N) is 1. The van der Waals surface area contributed by atoms with Crippen molar-refractivity contribution in [2.75, 3.05) is 14.2 Å². The van der Waals surface area contributed by atoms with E-state index < -0.39 is 0 Å². The largest absolute Gasteiger partial charge is 0.504 e. The van der Waals surface area contributed by atoms with Crippen LogP contribution in [0.2, 0.25) is 0 Å². The Morgan fingerprint density at radius 1 is 1.50 bits per heavy atom. The first-order valence-corrected chi connectivity index (χ1v) is 5.93. The number of thiocarbonyl (C=S) groups is 1. The van der Waals surface area contributed by atoms with Crippen LogP contribution in [0.4, 0.5) is 0 Å². The van der Waals surface area contributed by atoms with Crippen molar-refractivity contribution in [2.24, 2.45) is 10.8 Å². The third kappa shape index (κ3) is 3.23. The van der Waals surface area contributed by atoms with E-state index >= 15 is 0 Å². The fraction of sp³-hybridized carbons (Fsp3) is 0.200. The third-order valence-electron chi connectivity index (χ3n) is 1.98. The van der Waals surface area contributed by atoms with Gasteiger partial charge in [-0.2, -0.15) is 5.10 Å². The van der Waals surface area contributed by atoms with Gasteiger partial charge in [-0.05, 0) is 34.2 Å². The summed E-state index contributed by atoms with van der Waals surface area (Å²) in [6.45, 7) is 0. The van der Waals surface area contributed by atoms with Gasteiger partial charge in [-0.15, -0.1) is 0 Å². The van der Waals surface area contributed by atoms with Crippen molar-refractivity contribution < 1.29 is 14.6 Å². The van der Waals surface area contributed by atoms with Crippen LogP contribution in [0.15, 0.2) is 15.6 Å². The molecule has 1 aromatic carbocycles. The van der Waals surface area contributed by atoms with Crippen LogP contribution in [0, 0.1) is 0 Å². The normalized spacial score (nSPS) is 10.4. The Hall–Kier alpha value is -1.54. The van der Waals surface area contributed by atoms with Crippen molar-refractivity contribution in [3.05, 3.63) is 16.1 Å². The number of phenolic OH excluding ortho intramolecular Hbond substituents is 1. The fourth-order valence-electron chi connectivity index (χ4n) is 1.26. The monoisotopic (exact) mass is 333 g/mol. The molecule has 0 heterocycles. The number of phenols is 1. The molecule has 0 bridgehead atoms. The number of hydrogen-bond donors (Lipinski definition) is 3. The van der Waals surface area contributed by atoms with Gasteiger partial charge in [0.15, 0.2) is 16.6 Å². The van der Waals surface area contributed by atoms with Gasteiger partial charge in [0.2, 0.25) is 5.75 Å². The number of hydrazone groups is 1. The molecule has 98 valence electrons. The minimum atomic E-state index is -0.0916. The van der Waals surface area contributed by atoms with Crippen LogP contribution >= 0.6 is 28.1 Å². The molecule has 0 aromatic heterocycles. The van der Waals surface area contributed by atoms with Gasteiger partial charge in [-0.1, -0.05) is 0 Å². The topological polar surface area (TPSA) is 89.1 Å². The van der Waals surface area contributed by atoms with Gasteiger partial charge in [0.05, 0.1) is 24.9 Å². The molecule has 0 saturated heterocycles. The Labute approximate surface area is 118 Å². The van der Waals surface area contributed by atoms with Crippen molar-refractivity contribution in [3.63, 3.8) is 0 Å². The minimum Gasteiger partial charge on any atom is -0.504 e. The van der Waals surface area contributed by atoms with Crippen molar-refractivity contribution in [2.45, 2.75) is 0 Å². The van der Waals surface area contributed by atoms with E-state index in [-0.39, 0.29) is 16.6 Å². The number of nitrogens with zero attached hydrogens (tertiary/aromatic N) is 1. The predicted molar refractivity (Wildman–Crippen MR) is 76.4 cm³/mol. The van der Waals surface area contributed by atoms with Crippen LogP contribution in [0.25, 0.3) is 0 Å². The lowest BCUT2D eigenvalue weighted by Gasteiger charge is -2.12. The Balaban J connectivity index is 3.18. The van der Waals surface area contributed by atoms with Crippen LogP contribution in [0.1, 0.15) is 5.56 Å². The maximum Gasteiger partial charge on any atom is 0.204 e. The van der Waals surface area contributed by atoms with E-state index in [2.05, 4.69) is 38.7 Å². The number of ether oxygens (including phenoxy) is 2. The zero-order chi connectivity index (χ0) is 13.7. The van der Waals surface area contributed by atoms with E-state index in [4.69, 9.17) is 15.2 Å². The van der Waals surface area contributed by atoms with Crippen LogP contribution in [-0.2, 0) is 0 Å². The average molecular weight is 334 g/mol. The number of hydrogen-bond acceptors (Lipinski definition) is 5. The molecule has 8 heteroatoms. The van der Waals surface area contributed by atoms with Crippen LogP contribution < -0.4 is 20.6 Å². The molecule has 4 N–H and O–H groups in total. The Bertz CT molecular complexity index is 494. The summed E-state index contributed by atoms with van der Waals surface area (Å²) in [5.74, 6) is 0.518. The van der Waals surface area contributed by atoms with E-state index in [1.165, 1.54) is 20.4 Å². The molecule has 0 radical (unpaired) electrons. The minimum absolute atomic E-state index is 0.0327. The Kier molecular flexibility index (Phi) is 5.17. The number of aromatic hydroxyl groups is 1. The lowest BCUT2D eigenvalue weighted by atomic mass is 10.2. The highest BCUT2D eigenvalue weighted by atomic mass is 79.9. The number of halogens is 1. The van der Waals surface area contributed by atoms with Crippen molar-refractivity contribution in [1.82, 2.24) is 5.43 Å². The second-order valence-electron chi connectivity index (χ2n) is 3.10. The van der Waals surface area contributed by atoms with Crippen LogP contribution in [0.5, 0.6) is 17.2 Å². The first kappa shape index (κ1) is 14.5. The van der Waals surface area contributed by atoms with Gasteiger partial charge >= 0.3 is 0 Å². The second-order valence-corrected chi connectivity index (χ2v) is 4.39. The van der Waals surface area contributed by atoms with Gasteiger partial charge in [-0.3, -0.25) is 5.43 Å². The van der Waals surface area contributed by atoms with E-state index in [9.17, 15) is 5.11 Å². The van der Waals surface area contributed by atoms with Gasteiger partial charge < -0.3 is 20.3 Å². The van der Waals surface area contributed by atoms with Crippen LogP contribution in [0.3, 0.4) is 0 Å². The van der Waals surface area contributed by atoms with E-state index in [0.29, 0.717) is 15.8 Å². The molecule has 0 aliphatic rings. The molecule has 0 amide bonds. The number of rotatable bonds is 4. The quantitative estimate of drug-likeness (QED) is 0.437. The third-order valence-corrected chi connectivity index (χ3v) is 2.66. The summed E-state index contributed by atoms with van der Waals surface area (Å²) in [5.41, 5.74) is 8.02. The standard InChI is InChI=1S/C10H12BrN3O3S/c1-16-8-6(11)3-5(4-13-14-10(12)18)7(15)9(8)17-2/h3-4,15H,1-2H3,(H3,12,14,18). The maximum atomic E-state index is 9.98. The molecule has 1 rings (SSSR count). The summed E-state index contributed by atoms with van der Waals surface area (Å²) >= 11 is 7.90. The Morgan fingerprint density at radius 2 is 2.11 bits per heavy atom. The fourth-order valence-corrected chi connectivity index (χ4v) is 1.90. The predicted octanol–water partition coefficient (Wildman–Crippen LogP) is 1.34. The SMILES string of the molecule is COc1c(Br)cc(C=NNC(N)=S)c(O)c1OC. The average Bonchev–Trinajstić information content (AvgIpc) is 2.32. The van der Waals surface area contributed by atoms with E-state index in [1.807, 2.05) is 0 Å². The molecule has 6 nitrogen and oxygen atoms in total. The Morgan fingerprint density at radius 3 is 2.61 bits per heavy atom. The summed E-state index contributed by atoms with van der Waals surface area (Å²) < 4.78 is 10.8. The lowest BCUT2D eigenvalue weighted by Crippen LogP contribution is -2.24. The molecule has 0 aliphatic carbocycles. The van der Waals surface area contributed by atoms with Crippen molar-refractivity contribution in [3.8, 4) is 17.2 Å². The highest BCUT2D eigenvalue weighted by Gasteiger charge is 2.17. The molecule has 0 spiro atoms. The van der Waals surface area contributed by atoms with Gasteiger partial charge in [0.25, 0.3) is 0 Å². The first-order chi connectivity index (χ1) is 8.51. The van der Waals surface area contributed by atoms with Gasteiger partial charge in [0.1, 0.15) is 0 Å². The lowest BCUT2D eigenvalue weighted by molar-refractivity contribution is 0.331. The first-order valence-electron chi connectivity index (χ1n) is 4.73. The molecule has 0 aliphatic heterocycles. The zero-order valence-corrected chi connectivity index (χ0v) is 12.1. The van der Waals surface area contributed by atoms with Crippen molar-refractivity contribution >= 4 is 39.5 Å². The van der Waals surface area contributed by atoms with Gasteiger partial charge in [-0.25, -0.2) is 0 Å². The molecule has 0 fully saturated rings.